The Morgan fingerprint density at radius 1 is 0.944 bits per heavy atom. The van der Waals surface area contributed by atoms with Gasteiger partial charge in [0.1, 0.15) is 5.75 Å². The molecule has 2 nitrogen and oxygen atoms in total. The first-order valence-corrected chi connectivity index (χ1v) is 5.14. The summed E-state index contributed by atoms with van der Waals surface area (Å²) in [6.07, 6.45) is -4.37. The lowest BCUT2D eigenvalue weighted by atomic mass is 10.0. The fourth-order valence-electron chi connectivity index (χ4n) is 1.70. The van der Waals surface area contributed by atoms with Crippen LogP contribution in [0.3, 0.4) is 0 Å². The second-order valence-corrected chi connectivity index (χ2v) is 3.82. The van der Waals surface area contributed by atoms with Crippen molar-refractivity contribution in [3.8, 4) is 16.9 Å². The number of nitrogen functional groups attached to an aromatic ring is 1. The van der Waals surface area contributed by atoms with Crippen LogP contribution in [0.15, 0.2) is 42.5 Å². The zero-order valence-electron chi connectivity index (χ0n) is 9.20. The Kier molecular flexibility index (Phi) is 2.90. The van der Waals surface area contributed by atoms with Gasteiger partial charge in [0.25, 0.3) is 0 Å². The van der Waals surface area contributed by atoms with Gasteiger partial charge >= 0.3 is 6.18 Å². The zero-order valence-corrected chi connectivity index (χ0v) is 9.20. The lowest BCUT2D eigenvalue weighted by Gasteiger charge is -2.10. The van der Waals surface area contributed by atoms with Gasteiger partial charge in [-0.15, -0.1) is 0 Å². The van der Waals surface area contributed by atoms with E-state index in [4.69, 9.17) is 5.73 Å². The fourth-order valence-corrected chi connectivity index (χ4v) is 1.70. The van der Waals surface area contributed by atoms with Crippen LogP contribution in [0.5, 0.6) is 5.75 Å². The lowest BCUT2D eigenvalue weighted by Crippen LogP contribution is -2.04. The summed E-state index contributed by atoms with van der Waals surface area (Å²) < 4.78 is 37.2. The SMILES string of the molecule is Nc1cccc(O)c1-c1ccc(C(F)(F)F)cc1. The number of rotatable bonds is 1. The molecule has 2 aromatic carbocycles. The van der Waals surface area contributed by atoms with Gasteiger partial charge in [-0.1, -0.05) is 18.2 Å². The first-order chi connectivity index (χ1) is 8.39. The van der Waals surface area contributed by atoms with Crippen molar-refractivity contribution in [1.82, 2.24) is 0 Å². The van der Waals surface area contributed by atoms with Crippen molar-refractivity contribution in [1.29, 1.82) is 0 Å². The van der Waals surface area contributed by atoms with Crippen LogP contribution in [0.2, 0.25) is 0 Å². The Hall–Kier alpha value is -2.17. The van der Waals surface area contributed by atoms with Crippen LogP contribution < -0.4 is 5.73 Å². The molecule has 0 aromatic heterocycles. The van der Waals surface area contributed by atoms with Crippen LogP contribution in [0.4, 0.5) is 18.9 Å². The highest BCUT2D eigenvalue weighted by atomic mass is 19.4. The van der Waals surface area contributed by atoms with Gasteiger partial charge in [-0.25, -0.2) is 0 Å². The molecule has 18 heavy (non-hydrogen) atoms. The Morgan fingerprint density at radius 2 is 1.56 bits per heavy atom. The monoisotopic (exact) mass is 253 g/mol. The maximum absolute atomic E-state index is 12.4. The van der Waals surface area contributed by atoms with E-state index in [1.54, 1.807) is 12.1 Å². The van der Waals surface area contributed by atoms with E-state index in [9.17, 15) is 18.3 Å². The van der Waals surface area contributed by atoms with E-state index >= 15 is 0 Å². The largest absolute Gasteiger partial charge is 0.507 e. The van der Waals surface area contributed by atoms with Crippen LogP contribution in [-0.2, 0) is 6.18 Å². The molecule has 0 saturated heterocycles. The summed E-state index contributed by atoms with van der Waals surface area (Å²) in [6.45, 7) is 0. The Balaban J connectivity index is 2.47. The predicted octanol–water partition coefficient (Wildman–Crippen LogP) is 3.66. The molecule has 0 fully saturated rings. The number of aromatic hydroxyl groups is 1. The number of phenolic OH excluding ortho intramolecular Hbond substituents is 1. The van der Waals surface area contributed by atoms with E-state index in [1.807, 2.05) is 0 Å². The average molecular weight is 253 g/mol. The Bertz CT molecular complexity index is 541. The maximum atomic E-state index is 12.4. The number of anilines is 1. The lowest BCUT2D eigenvalue weighted by molar-refractivity contribution is -0.137. The van der Waals surface area contributed by atoms with Gasteiger partial charge in [0.2, 0.25) is 0 Å². The van der Waals surface area contributed by atoms with Crippen molar-refractivity contribution in [3.05, 3.63) is 48.0 Å². The molecule has 2 aromatic rings. The molecule has 3 N–H and O–H groups in total. The van der Waals surface area contributed by atoms with Crippen LogP contribution >= 0.6 is 0 Å². The summed E-state index contributed by atoms with van der Waals surface area (Å²) >= 11 is 0. The molecule has 0 heterocycles. The average Bonchev–Trinajstić information content (AvgIpc) is 2.28. The summed E-state index contributed by atoms with van der Waals surface area (Å²) in [4.78, 5) is 0. The minimum absolute atomic E-state index is 0.0604. The third-order valence-corrected chi connectivity index (χ3v) is 2.58. The quantitative estimate of drug-likeness (QED) is 0.762. The van der Waals surface area contributed by atoms with E-state index in [-0.39, 0.29) is 5.75 Å². The molecule has 0 aliphatic carbocycles. The first kappa shape index (κ1) is 12.3. The minimum Gasteiger partial charge on any atom is -0.507 e. The summed E-state index contributed by atoms with van der Waals surface area (Å²) in [5.41, 5.74) is 6.06. The van der Waals surface area contributed by atoms with Crippen LogP contribution in [0.25, 0.3) is 11.1 Å². The molecular formula is C13H10F3NO. The van der Waals surface area contributed by atoms with Crippen LogP contribution in [-0.4, -0.2) is 5.11 Å². The number of alkyl halides is 3. The van der Waals surface area contributed by atoms with Gasteiger partial charge in [0.15, 0.2) is 0 Å². The minimum atomic E-state index is -4.37. The second-order valence-electron chi connectivity index (χ2n) is 3.82. The third-order valence-electron chi connectivity index (χ3n) is 2.58. The normalized spacial score (nSPS) is 11.5. The van der Waals surface area contributed by atoms with E-state index in [1.165, 1.54) is 18.2 Å². The van der Waals surface area contributed by atoms with Crippen molar-refractivity contribution >= 4 is 5.69 Å². The van der Waals surface area contributed by atoms with Gasteiger partial charge in [-0.2, -0.15) is 13.2 Å². The summed E-state index contributed by atoms with van der Waals surface area (Å²) in [6, 6.07) is 9.07. The molecule has 0 saturated carbocycles. The number of halogens is 3. The van der Waals surface area contributed by atoms with Gasteiger partial charge in [-0.3, -0.25) is 0 Å². The highest BCUT2D eigenvalue weighted by Gasteiger charge is 2.30. The Labute approximate surface area is 101 Å². The standard InChI is InChI=1S/C13H10F3NO/c14-13(15,16)9-6-4-8(5-7-9)12-10(17)2-1-3-11(12)18/h1-7,18H,17H2. The maximum Gasteiger partial charge on any atom is 0.416 e. The molecule has 0 bridgehead atoms. The van der Waals surface area contributed by atoms with Gasteiger partial charge in [0.05, 0.1) is 5.56 Å². The number of benzene rings is 2. The van der Waals surface area contributed by atoms with Crippen molar-refractivity contribution in [2.75, 3.05) is 5.73 Å². The van der Waals surface area contributed by atoms with Crippen LogP contribution in [0, 0.1) is 0 Å². The zero-order chi connectivity index (χ0) is 13.3. The molecule has 0 atom stereocenters. The molecule has 0 radical (unpaired) electrons. The van der Waals surface area contributed by atoms with Gasteiger partial charge < -0.3 is 10.8 Å². The molecule has 94 valence electrons. The molecule has 0 aliphatic heterocycles. The predicted molar refractivity (Wildman–Crippen MR) is 63.0 cm³/mol. The van der Waals surface area contributed by atoms with Crippen molar-refractivity contribution in [3.63, 3.8) is 0 Å². The first-order valence-electron chi connectivity index (χ1n) is 5.14. The molecule has 0 amide bonds. The molecule has 0 spiro atoms. The van der Waals surface area contributed by atoms with Gasteiger partial charge in [0, 0.05) is 11.3 Å². The number of nitrogens with two attached hydrogens (primary N) is 1. The highest BCUT2D eigenvalue weighted by molar-refractivity contribution is 5.81. The fraction of sp³-hybridized carbons (Fsp3) is 0.0769. The van der Waals surface area contributed by atoms with E-state index in [0.717, 1.165) is 12.1 Å². The second kappa shape index (κ2) is 4.25. The number of hydrogen-bond acceptors (Lipinski definition) is 2. The number of phenols is 1. The molecule has 0 unspecified atom stereocenters. The number of hydrogen-bond donors (Lipinski definition) is 2. The summed E-state index contributed by atoms with van der Waals surface area (Å²) in [5, 5.41) is 9.67. The van der Waals surface area contributed by atoms with E-state index < -0.39 is 11.7 Å². The summed E-state index contributed by atoms with van der Waals surface area (Å²) in [5.74, 6) is -0.0604. The van der Waals surface area contributed by atoms with Gasteiger partial charge in [-0.05, 0) is 29.8 Å². The highest BCUT2D eigenvalue weighted by Crippen LogP contribution is 2.36. The molecule has 0 aliphatic rings. The Morgan fingerprint density at radius 3 is 2.06 bits per heavy atom. The summed E-state index contributed by atoms with van der Waals surface area (Å²) in [7, 11) is 0. The van der Waals surface area contributed by atoms with E-state index in [0.29, 0.717) is 16.8 Å². The van der Waals surface area contributed by atoms with Crippen molar-refractivity contribution in [2.24, 2.45) is 0 Å². The topological polar surface area (TPSA) is 46.2 Å². The van der Waals surface area contributed by atoms with Crippen LogP contribution in [0.1, 0.15) is 5.56 Å². The van der Waals surface area contributed by atoms with Crippen molar-refractivity contribution < 1.29 is 18.3 Å². The molecule has 2 rings (SSSR count). The van der Waals surface area contributed by atoms with Crippen molar-refractivity contribution in [2.45, 2.75) is 6.18 Å². The smallest absolute Gasteiger partial charge is 0.416 e. The third kappa shape index (κ3) is 2.25. The van der Waals surface area contributed by atoms with E-state index in [2.05, 4.69) is 0 Å². The molecular weight excluding hydrogens is 243 g/mol. The molecule has 5 heteroatoms.